The van der Waals surface area contributed by atoms with E-state index in [4.69, 9.17) is 19.0 Å². The average Bonchev–Trinajstić information content (AvgIpc) is 2.80. The molecule has 2 aromatic carbocycles. The van der Waals surface area contributed by atoms with Gasteiger partial charge in [-0.25, -0.2) is 0 Å². The van der Waals surface area contributed by atoms with E-state index >= 15 is 0 Å². The molecule has 1 N–H and O–H groups in total. The second-order valence-electron chi connectivity index (χ2n) is 7.54. The first-order valence-corrected chi connectivity index (χ1v) is 10.3. The van der Waals surface area contributed by atoms with Crippen LogP contribution in [0.3, 0.4) is 0 Å². The van der Waals surface area contributed by atoms with Crippen molar-refractivity contribution in [2.75, 3.05) is 13.2 Å². The number of hydrogen-bond acceptors (Lipinski definition) is 6. The van der Waals surface area contributed by atoms with E-state index in [0.717, 1.165) is 16.5 Å². The van der Waals surface area contributed by atoms with Crippen LogP contribution in [-0.2, 0) is 6.61 Å². The van der Waals surface area contributed by atoms with Gasteiger partial charge in [0.1, 0.15) is 48.0 Å². The summed E-state index contributed by atoms with van der Waals surface area (Å²) in [6.07, 6.45) is 1.75. The molecule has 0 aliphatic rings. The van der Waals surface area contributed by atoms with Gasteiger partial charge in [-0.3, -0.25) is 9.78 Å². The van der Waals surface area contributed by atoms with Gasteiger partial charge in [0.15, 0.2) is 5.43 Å². The maximum Gasteiger partial charge on any atom is 0.196 e. The molecule has 4 rings (SSSR count). The van der Waals surface area contributed by atoms with E-state index in [9.17, 15) is 4.79 Å². The maximum atomic E-state index is 12.8. The third kappa shape index (κ3) is 4.58. The highest BCUT2D eigenvalue weighted by Gasteiger charge is 2.15. The molecule has 0 radical (unpaired) electrons. The van der Waals surface area contributed by atoms with E-state index in [1.165, 1.54) is 6.07 Å². The SMILES string of the molecule is CC(C)c1cc(=O)c2c(OCC#CCO)cc(OCc3ccnc4ccccc34)cc2o1. The van der Waals surface area contributed by atoms with Gasteiger partial charge in [0, 0.05) is 41.3 Å². The molecule has 6 heteroatoms. The second kappa shape index (κ2) is 9.54. The van der Waals surface area contributed by atoms with Crippen molar-refractivity contribution < 1.29 is 19.0 Å². The minimum atomic E-state index is -0.257. The first-order valence-electron chi connectivity index (χ1n) is 10.3. The van der Waals surface area contributed by atoms with Crippen molar-refractivity contribution in [3.63, 3.8) is 0 Å². The summed E-state index contributed by atoms with van der Waals surface area (Å²) in [6.45, 7) is 4.00. The van der Waals surface area contributed by atoms with Gasteiger partial charge in [-0.15, -0.1) is 0 Å². The smallest absolute Gasteiger partial charge is 0.196 e. The summed E-state index contributed by atoms with van der Waals surface area (Å²) < 4.78 is 17.8. The van der Waals surface area contributed by atoms with Crippen LogP contribution in [0.15, 0.2) is 63.9 Å². The lowest BCUT2D eigenvalue weighted by atomic mass is 10.1. The quantitative estimate of drug-likeness (QED) is 0.457. The number of aromatic nitrogens is 1. The number of hydrogen-bond donors (Lipinski definition) is 1. The lowest BCUT2D eigenvalue weighted by Crippen LogP contribution is -2.07. The number of para-hydroxylation sites is 1. The van der Waals surface area contributed by atoms with Crippen molar-refractivity contribution in [1.29, 1.82) is 0 Å². The zero-order chi connectivity index (χ0) is 22.5. The van der Waals surface area contributed by atoms with Crippen LogP contribution in [0.4, 0.5) is 0 Å². The second-order valence-corrected chi connectivity index (χ2v) is 7.54. The summed E-state index contributed by atoms with van der Waals surface area (Å²) in [7, 11) is 0. The van der Waals surface area contributed by atoms with Gasteiger partial charge in [0.2, 0.25) is 0 Å². The number of aliphatic hydroxyl groups excluding tert-OH is 1. The number of pyridine rings is 1. The van der Waals surface area contributed by atoms with Crippen LogP contribution in [0.25, 0.3) is 21.9 Å². The Morgan fingerprint density at radius 2 is 1.94 bits per heavy atom. The first-order chi connectivity index (χ1) is 15.6. The standard InChI is InChI=1S/C26H23NO5/c1-17(2)23-15-22(29)26-24(30-12-6-5-11-28)13-19(14-25(26)32-23)31-16-18-9-10-27-21-8-4-3-7-20(18)21/h3-4,7-10,13-15,17,28H,11-12,16H2,1-2H3. The predicted molar refractivity (Wildman–Crippen MR) is 123 cm³/mol. The molecule has 2 heterocycles. The van der Waals surface area contributed by atoms with Gasteiger partial charge in [-0.2, -0.15) is 0 Å². The zero-order valence-electron chi connectivity index (χ0n) is 17.9. The van der Waals surface area contributed by atoms with Gasteiger partial charge in [-0.1, -0.05) is 43.9 Å². The van der Waals surface area contributed by atoms with Crippen LogP contribution >= 0.6 is 0 Å². The van der Waals surface area contributed by atoms with Gasteiger partial charge in [-0.05, 0) is 12.1 Å². The fourth-order valence-electron chi connectivity index (χ4n) is 3.39. The highest BCUT2D eigenvalue weighted by molar-refractivity contribution is 5.85. The number of nitrogens with zero attached hydrogens (tertiary/aromatic N) is 1. The normalized spacial score (nSPS) is 10.9. The highest BCUT2D eigenvalue weighted by atomic mass is 16.5. The molecular weight excluding hydrogens is 406 g/mol. The molecule has 0 saturated carbocycles. The lowest BCUT2D eigenvalue weighted by Gasteiger charge is -2.13. The molecule has 0 bridgehead atoms. The van der Waals surface area contributed by atoms with E-state index in [1.807, 2.05) is 44.2 Å². The number of ether oxygens (including phenoxy) is 2. The minimum Gasteiger partial charge on any atom is -0.489 e. The first kappa shape index (κ1) is 21.4. The molecule has 0 unspecified atom stereocenters. The minimum absolute atomic E-state index is 0.0273. The average molecular weight is 429 g/mol. The topological polar surface area (TPSA) is 81.8 Å². The predicted octanol–water partition coefficient (Wildman–Crippen LogP) is 4.42. The van der Waals surface area contributed by atoms with E-state index in [1.54, 1.807) is 18.3 Å². The lowest BCUT2D eigenvalue weighted by molar-refractivity contribution is 0.303. The molecule has 0 amide bonds. The third-order valence-electron chi connectivity index (χ3n) is 4.99. The molecule has 0 atom stereocenters. The number of benzene rings is 2. The van der Waals surface area contributed by atoms with Crippen molar-refractivity contribution in [3.8, 4) is 23.3 Å². The molecule has 0 saturated heterocycles. The molecule has 0 fully saturated rings. The van der Waals surface area contributed by atoms with Crippen LogP contribution < -0.4 is 14.9 Å². The Hall–Kier alpha value is -3.82. The van der Waals surface area contributed by atoms with Crippen LogP contribution in [-0.4, -0.2) is 23.3 Å². The Balaban J connectivity index is 1.72. The van der Waals surface area contributed by atoms with Crippen LogP contribution in [0, 0.1) is 11.8 Å². The van der Waals surface area contributed by atoms with Gasteiger partial charge in [0.05, 0.1) is 5.52 Å². The van der Waals surface area contributed by atoms with E-state index < -0.39 is 0 Å². The van der Waals surface area contributed by atoms with Crippen molar-refractivity contribution in [2.45, 2.75) is 26.4 Å². The summed E-state index contributed by atoms with van der Waals surface area (Å²) in [4.78, 5) is 17.2. The van der Waals surface area contributed by atoms with E-state index in [2.05, 4.69) is 16.8 Å². The van der Waals surface area contributed by atoms with Gasteiger partial charge < -0.3 is 19.0 Å². The molecular formula is C26H23NO5. The molecule has 162 valence electrons. The molecule has 0 aliphatic carbocycles. The monoisotopic (exact) mass is 429 g/mol. The molecule has 32 heavy (non-hydrogen) atoms. The van der Waals surface area contributed by atoms with Crippen LogP contribution in [0.5, 0.6) is 11.5 Å². The van der Waals surface area contributed by atoms with Crippen molar-refractivity contribution >= 4 is 21.9 Å². The Morgan fingerprint density at radius 1 is 1.09 bits per heavy atom. The molecule has 4 aromatic rings. The Labute approximate surface area is 185 Å². The maximum absolute atomic E-state index is 12.8. The Morgan fingerprint density at radius 3 is 2.75 bits per heavy atom. The van der Waals surface area contributed by atoms with Crippen LogP contribution in [0.1, 0.15) is 31.1 Å². The highest BCUT2D eigenvalue weighted by Crippen LogP contribution is 2.32. The van der Waals surface area contributed by atoms with Crippen LogP contribution in [0.2, 0.25) is 0 Å². The summed E-state index contributed by atoms with van der Waals surface area (Å²) in [5.74, 6) is 6.70. The molecule has 2 aromatic heterocycles. The fourth-order valence-corrected chi connectivity index (χ4v) is 3.39. The zero-order valence-corrected chi connectivity index (χ0v) is 17.9. The van der Waals surface area contributed by atoms with Gasteiger partial charge >= 0.3 is 0 Å². The Bertz CT molecular complexity index is 1370. The van der Waals surface area contributed by atoms with E-state index in [-0.39, 0.29) is 24.6 Å². The summed E-state index contributed by atoms with van der Waals surface area (Å²) in [6, 6.07) is 14.6. The fraction of sp³-hybridized carbons (Fsp3) is 0.231. The molecule has 6 nitrogen and oxygen atoms in total. The van der Waals surface area contributed by atoms with Crippen molar-refractivity contribution in [1.82, 2.24) is 4.98 Å². The number of fused-ring (bicyclic) bond motifs is 2. The van der Waals surface area contributed by atoms with Gasteiger partial charge in [0.25, 0.3) is 0 Å². The van der Waals surface area contributed by atoms with E-state index in [0.29, 0.717) is 34.8 Å². The Kier molecular flexibility index (Phi) is 6.39. The summed E-state index contributed by atoms with van der Waals surface area (Å²) in [5, 5.41) is 10.2. The third-order valence-corrected chi connectivity index (χ3v) is 4.99. The van der Waals surface area contributed by atoms with Crippen molar-refractivity contribution in [2.24, 2.45) is 0 Å². The summed E-state index contributed by atoms with van der Waals surface area (Å²) in [5.41, 5.74) is 2.09. The number of aliphatic hydroxyl groups is 1. The summed E-state index contributed by atoms with van der Waals surface area (Å²) >= 11 is 0. The molecule has 0 aliphatic heterocycles. The largest absolute Gasteiger partial charge is 0.489 e. The molecule has 0 spiro atoms. The number of rotatable bonds is 6. The van der Waals surface area contributed by atoms with Crippen molar-refractivity contribution in [3.05, 3.63) is 76.3 Å².